The molecular weight excluding hydrogens is 350 g/mol. The maximum absolute atomic E-state index is 12.4. The van der Waals surface area contributed by atoms with E-state index in [1.54, 1.807) is 24.3 Å². The zero-order valence-corrected chi connectivity index (χ0v) is 15.8. The highest BCUT2D eigenvalue weighted by molar-refractivity contribution is 6.30. The fraction of sp³-hybridized carbons (Fsp3) is 0.450. The lowest BCUT2D eigenvalue weighted by atomic mass is 10.3. The molecule has 1 aliphatic heterocycles. The minimum Gasteiger partial charge on any atom is -0.484 e. The number of hydrogen-bond donors (Lipinski definition) is 0. The average molecular weight is 376 g/mol. The van der Waals surface area contributed by atoms with E-state index in [0.717, 1.165) is 52.1 Å². The number of halogens is 1. The quantitative estimate of drug-likeness (QED) is 0.746. The first kappa shape index (κ1) is 18.8. The number of nitrogens with zero attached hydrogens (tertiary/aromatic N) is 3. The van der Waals surface area contributed by atoms with Crippen LogP contribution in [-0.2, 0) is 11.3 Å². The van der Waals surface area contributed by atoms with Gasteiger partial charge in [-0.3, -0.25) is 4.79 Å². The molecule has 140 valence electrons. The van der Waals surface area contributed by atoms with Crippen molar-refractivity contribution in [2.24, 2.45) is 0 Å². The molecule has 5 nitrogen and oxygen atoms in total. The summed E-state index contributed by atoms with van der Waals surface area (Å²) in [7, 11) is 0. The van der Waals surface area contributed by atoms with Crippen molar-refractivity contribution in [1.29, 1.82) is 0 Å². The molecule has 1 amide bonds. The third-order valence-electron chi connectivity index (χ3n) is 4.67. The molecule has 0 bridgehead atoms. The van der Waals surface area contributed by atoms with Crippen LogP contribution in [0.25, 0.3) is 0 Å². The molecule has 0 N–H and O–H groups in total. The van der Waals surface area contributed by atoms with Gasteiger partial charge in [-0.05, 0) is 62.3 Å². The minimum absolute atomic E-state index is 0.0501. The molecule has 2 heterocycles. The van der Waals surface area contributed by atoms with Crippen molar-refractivity contribution in [2.75, 3.05) is 39.3 Å². The van der Waals surface area contributed by atoms with Gasteiger partial charge in [-0.25, -0.2) is 0 Å². The smallest absolute Gasteiger partial charge is 0.260 e. The Bertz CT molecular complexity index is 673. The van der Waals surface area contributed by atoms with Gasteiger partial charge in [0.25, 0.3) is 5.91 Å². The second-order valence-corrected chi connectivity index (χ2v) is 7.03. The van der Waals surface area contributed by atoms with Crippen molar-refractivity contribution >= 4 is 17.5 Å². The van der Waals surface area contributed by atoms with E-state index in [0.29, 0.717) is 10.8 Å². The van der Waals surface area contributed by atoms with E-state index in [9.17, 15) is 4.79 Å². The molecular formula is C20H26ClN3O2. The standard InChI is InChI=1S/C20H26ClN3O2/c21-18-5-7-19(8-6-18)26-17-20(25)24-14-4-13-23(15-16-24)12-3-11-22-9-1-2-10-22/h1-2,5-10H,3-4,11-17H2. The van der Waals surface area contributed by atoms with Gasteiger partial charge in [0.05, 0.1) is 0 Å². The fourth-order valence-electron chi connectivity index (χ4n) is 3.21. The molecule has 3 rings (SSSR count). The van der Waals surface area contributed by atoms with Crippen LogP contribution in [0.15, 0.2) is 48.8 Å². The van der Waals surface area contributed by atoms with E-state index in [4.69, 9.17) is 16.3 Å². The van der Waals surface area contributed by atoms with Crippen LogP contribution in [0, 0.1) is 0 Å². The number of aromatic nitrogens is 1. The predicted molar refractivity (Wildman–Crippen MR) is 104 cm³/mol. The first-order valence-electron chi connectivity index (χ1n) is 9.20. The van der Waals surface area contributed by atoms with Gasteiger partial charge in [-0.2, -0.15) is 0 Å². The van der Waals surface area contributed by atoms with Gasteiger partial charge in [0.2, 0.25) is 0 Å². The Labute approximate surface area is 160 Å². The third kappa shape index (κ3) is 5.78. The molecule has 0 aliphatic carbocycles. The Morgan fingerprint density at radius 2 is 1.77 bits per heavy atom. The molecule has 6 heteroatoms. The maximum atomic E-state index is 12.4. The first-order valence-corrected chi connectivity index (χ1v) is 9.58. The zero-order valence-electron chi connectivity index (χ0n) is 15.0. The Morgan fingerprint density at radius 1 is 1.00 bits per heavy atom. The van der Waals surface area contributed by atoms with Crippen molar-refractivity contribution in [3.05, 3.63) is 53.8 Å². The lowest BCUT2D eigenvalue weighted by Gasteiger charge is -2.22. The number of aryl methyl sites for hydroxylation is 1. The summed E-state index contributed by atoms with van der Waals surface area (Å²) >= 11 is 5.86. The van der Waals surface area contributed by atoms with Crippen LogP contribution in [0.4, 0.5) is 0 Å². The summed E-state index contributed by atoms with van der Waals surface area (Å²) in [6.07, 6.45) is 6.34. The normalized spacial score (nSPS) is 15.7. The van der Waals surface area contributed by atoms with Gasteiger partial charge >= 0.3 is 0 Å². The lowest BCUT2D eigenvalue weighted by molar-refractivity contribution is -0.133. The third-order valence-corrected chi connectivity index (χ3v) is 4.93. The van der Waals surface area contributed by atoms with Crippen molar-refractivity contribution in [3.8, 4) is 5.75 Å². The lowest BCUT2D eigenvalue weighted by Crippen LogP contribution is -2.38. The number of rotatable bonds is 7. The zero-order chi connectivity index (χ0) is 18.2. The van der Waals surface area contributed by atoms with Crippen molar-refractivity contribution < 1.29 is 9.53 Å². The van der Waals surface area contributed by atoms with Crippen molar-refractivity contribution in [2.45, 2.75) is 19.4 Å². The summed E-state index contributed by atoms with van der Waals surface area (Å²) < 4.78 is 7.79. The first-order chi connectivity index (χ1) is 12.7. The Balaban J connectivity index is 1.38. The monoisotopic (exact) mass is 375 g/mol. The van der Waals surface area contributed by atoms with E-state index in [1.165, 1.54) is 0 Å². The molecule has 1 aromatic heterocycles. The molecule has 0 unspecified atom stereocenters. The van der Waals surface area contributed by atoms with Gasteiger partial charge in [0.15, 0.2) is 6.61 Å². The number of carbonyl (C=O) groups excluding carboxylic acids is 1. The molecule has 0 saturated carbocycles. The van der Waals surface area contributed by atoms with Crippen LogP contribution in [0.2, 0.25) is 5.02 Å². The van der Waals surface area contributed by atoms with Crippen molar-refractivity contribution in [3.63, 3.8) is 0 Å². The van der Waals surface area contributed by atoms with Gasteiger partial charge in [0, 0.05) is 43.6 Å². The van der Waals surface area contributed by atoms with Crippen LogP contribution in [-0.4, -0.2) is 59.6 Å². The van der Waals surface area contributed by atoms with Crippen LogP contribution in [0.5, 0.6) is 5.75 Å². The number of ether oxygens (including phenoxy) is 1. The SMILES string of the molecule is O=C(COc1ccc(Cl)cc1)N1CCCN(CCCn2cccc2)CC1. The Hall–Kier alpha value is -1.98. The molecule has 1 aromatic carbocycles. The molecule has 0 radical (unpaired) electrons. The second-order valence-electron chi connectivity index (χ2n) is 6.59. The fourth-order valence-corrected chi connectivity index (χ4v) is 3.33. The highest BCUT2D eigenvalue weighted by Gasteiger charge is 2.19. The van der Waals surface area contributed by atoms with Gasteiger partial charge < -0.3 is 19.1 Å². The van der Waals surface area contributed by atoms with E-state index in [2.05, 4.69) is 34.0 Å². The summed E-state index contributed by atoms with van der Waals surface area (Å²) in [5, 5.41) is 0.660. The maximum Gasteiger partial charge on any atom is 0.260 e. The second kappa shape index (κ2) is 9.64. The van der Waals surface area contributed by atoms with Crippen LogP contribution in [0.3, 0.4) is 0 Å². The minimum atomic E-state index is 0.0501. The van der Waals surface area contributed by atoms with Gasteiger partial charge in [0.1, 0.15) is 5.75 Å². The van der Waals surface area contributed by atoms with E-state index in [-0.39, 0.29) is 12.5 Å². The predicted octanol–water partition coefficient (Wildman–Crippen LogP) is 3.14. The summed E-state index contributed by atoms with van der Waals surface area (Å²) in [6, 6.07) is 11.2. The Morgan fingerprint density at radius 3 is 2.54 bits per heavy atom. The van der Waals surface area contributed by atoms with Crippen LogP contribution >= 0.6 is 11.6 Å². The summed E-state index contributed by atoms with van der Waals surface area (Å²) in [4.78, 5) is 16.8. The van der Waals surface area contributed by atoms with E-state index < -0.39 is 0 Å². The number of amides is 1. The largest absolute Gasteiger partial charge is 0.484 e. The van der Waals surface area contributed by atoms with E-state index in [1.807, 2.05) is 4.90 Å². The number of benzene rings is 1. The van der Waals surface area contributed by atoms with E-state index >= 15 is 0 Å². The highest BCUT2D eigenvalue weighted by atomic mass is 35.5. The number of hydrogen-bond acceptors (Lipinski definition) is 3. The molecule has 2 aromatic rings. The molecule has 1 saturated heterocycles. The van der Waals surface area contributed by atoms with Crippen molar-refractivity contribution in [1.82, 2.24) is 14.4 Å². The average Bonchev–Trinajstić information content (AvgIpc) is 3.05. The van der Waals surface area contributed by atoms with Crippen LogP contribution in [0.1, 0.15) is 12.8 Å². The highest BCUT2D eigenvalue weighted by Crippen LogP contribution is 2.15. The molecule has 26 heavy (non-hydrogen) atoms. The number of carbonyl (C=O) groups is 1. The molecule has 0 spiro atoms. The summed E-state index contributed by atoms with van der Waals surface area (Å²) in [5.74, 6) is 0.721. The van der Waals surface area contributed by atoms with Crippen LogP contribution < -0.4 is 4.74 Å². The molecule has 1 fully saturated rings. The molecule has 0 atom stereocenters. The van der Waals surface area contributed by atoms with Gasteiger partial charge in [-0.15, -0.1) is 0 Å². The Kier molecular flexibility index (Phi) is 6.97. The summed E-state index contributed by atoms with van der Waals surface area (Å²) in [5.41, 5.74) is 0. The molecule has 1 aliphatic rings. The van der Waals surface area contributed by atoms with Gasteiger partial charge in [-0.1, -0.05) is 11.6 Å². The topological polar surface area (TPSA) is 37.7 Å². The summed E-state index contributed by atoms with van der Waals surface area (Å²) in [6.45, 7) is 5.74.